The second kappa shape index (κ2) is 6.35. The minimum absolute atomic E-state index is 0.201. The number of nitrogens with zero attached hydrogens (tertiary/aromatic N) is 2. The molecule has 2 rings (SSSR count). The normalized spacial score (nSPS) is 18.6. The molecule has 1 aromatic carbocycles. The summed E-state index contributed by atoms with van der Waals surface area (Å²) in [6, 6.07) is 4.88. The molecule has 3 nitrogen and oxygen atoms in total. The molecule has 0 saturated carbocycles. The van der Waals surface area contributed by atoms with Crippen LogP contribution >= 0.6 is 0 Å². The van der Waals surface area contributed by atoms with E-state index in [1.165, 1.54) is 6.07 Å². The molecule has 106 valence electrons. The molecule has 1 aliphatic rings. The SMILES string of the molecule is CCCN1CCN(c2cc(C(C)O)ccc2F)CC1. The Morgan fingerprint density at radius 2 is 1.95 bits per heavy atom. The van der Waals surface area contributed by atoms with Crippen molar-refractivity contribution in [3.05, 3.63) is 29.6 Å². The molecule has 1 atom stereocenters. The lowest BCUT2D eigenvalue weighted by atomic mass is 10.1. The summed E-state index contributed by atoms with van der Waals surface area (Å²) < 4.78 is 13.9. The van der Waals surface area contributed by atoms with Gasteiger partial charge in [0.2, 0.25) is 0 Å². The van der Waals surface area contributed by atoms with E-state index in [0.29, 0.717) is 5.69 Å². The van der Waals surface area contributed by atoms with Crippen LogP contribution in [-0.2, 0) is 0 Å². The molecular formula is C15H23FN2O. The van der Waals surface area contributed by atoms with Gasteiger partial charge in [-0.15, -0.1) is 0 Å². The predicted octanol–water partition coefficient (Wildman–Crippen LogP) is 2.41. The van der Waals surface area contributed by atoms with E-state index in [0.717, 1.165) is 44.7 Å². The van der Waals surface area contributed by atoms with Crippen molar-refractivity contribution in [2.24, 2.45) is 0 Å². The zero-order valence-electron chi connectivity index (χ0n) is 11.8. The van der Waals surface area contributed by atoms with E-state index < -0.39 is 6.10 Å². The summed E-state index contributed by atoms with van der Waals surface area (Å²) in [5.74, 6) is -0.201. The van der Waals surface area contributed by atoms with Crippen molar-refractivity contribution in [1.29, 1.82) is 0 Å². The Labute approximate surface area is 114 Å². The van der Waals surface area contributed by atoms with E-state index in [9.17, 15) is 9.50 Å². The van der Waals surface area contributed by atoms with Crippen molar-refractivity contribution in [2.75, 3.05) is 37.6 Å². The third-order valence-corrected chi connectivity index (χ3v) is 3.71. The summed E-state index contributed by atoms with van der Waals surface area (Å²) in [7, 11) is 0. The maximum Gasteiger partial charge on any atom is 0.146 e. The molecule has 0 spiro atoms. The highest BCUT2D eigenvalue weighted by Crippen LogP contribution is 2.25. The van der Waals surface area contributed by atoms with Gasteiger partial charge in [-0.2, -0.15) is 0 Å². The Hall–Kier alpha value is -1.13. The molecule has 1 fully saturated rings. The first kappa shape index (κ1) is 14.3. The Morgan fingerprint density at radius 1 is 1.26 bits per heavy atom. The third kappa shape index (κ3) is 3.45. The van der Waals surface area contributed by atoms with E-state index in [1.807, 2.05) is 0 Å². The highest BCUT2D eigenvalue weighted by molar-refractivity contribution is 5.51. The van der Waals surface area contributed by atoms with Crippen LogP contribution in [0.5, 0.6) is 0 Å². The van der Waals surface area contributed by atoms with Gasteiger partial charge in [0.05, 0.1) is 11.8 Å². The van der Waals surface area contributed by atoms with E-state index in [-0.39, 0.29) is 5.82 Å². The van der Waals surface area contributed by atoms with E-state index in [2.05, 4.69) is 16.7 Å². The number of hydrogen-bond acceptors (Lipinski definition) is 3. The van der Waals surface area contributed by atoms with E-state index in [4.69, 9.17) is 0 Å². The van der Waals surface area contributed by atoms with Gasteiger partial charge in [0.25, 0.3) is 0 Å². The number of hydrogen-bond donors (Lipinski definition) is 1. The van der Waals surface area contributed by atoms with Crippen molar-refractivity contribution in [2.45, 2.75) is 26.4 Å². The Morgan fingerprint density at radius 3 is 2.53 bits per heavy atom. The number of anilines is 1. The minimum Gasteiger partial charge on any atom is -0.389 e. The molecule has 1 N–H and O–H groups in total. The van der Waals surface area contributed by atoms with Gasteiger partial charge in [-0.05, 0) is 37.6 Å². The zero-order valence-corrected chi connectivity index (χ0v) is 11.8. The fourth-order valence-electron chi connectivity index (χ4n) is 2.56. The maximum atomic E-state index is 13.9. The largest absolute Gasteiger partial charge is 0.389 e. The highest BCUT2D eigenvalue weighted by Gasteiger charge is 2.19. The first-order valence-corrected chi connectivity index (χ1v) is 7.06. The van der Waals surface area contributed by atoms with Crippen molar-refractivity contribution in [3.8, 4) is 0 Å². The molecule has 0 aliphatic carbocycles. The lowest BCUT2D eigenvalue weighted by Crippen LogP contribution is -2.46. The fraction of sp³-hybridized carbons (Fsp3) is 0.600. The summed E-state index contributed by atoms with van der Waals surface area (Å²) in [5, 5.41) is 9.60. The molecule has 1 aliphatic heterocycles. The second-order valence-corrected chi connectivity index (χ2v) is 5.22. The number of aliphatic hydroxyl groups is 1. The lowest BCUT2D eigenvalue weighted by Gasteiger charge is -2.36. The molecule has 4 heteroatoms. The van der Waals surface area contributed by atoms with Gasteiger partial charge < -0.3 is 10.0 Å². The highest BCUT2D eigenvalue weighted by atomic mass is 19.1. The van der Waals surface area contributed by atoms with Gasteiger partial charge in [0.1, 0.15) is 5.82 Å². The molecule has 19 heavy (non-hydrogen) atoms. The van der Waals surface area contributed by atoms with Gasteiger partial charge in [0.15, 0.2) is 0 Å². The van der Waals surface area contributed by atoms with Crippen molar-refractivity contribution in [3.63, 3.8) is 0 Å². The molecule has 0 aromatic heterocycles. The molecule has 1 saturated heterocycles. The molecule has 0 bridgehead atoms. The molecule has 1 aromatic rings. The van der Waals surface area contributed by atoms with Crippen LogP contribution in [0.1, 0.15) is 31.9 Å². The van der Waals surface area contributed by atoms with Crippen LogP contribution in [0.2, 0.25) is 0 Å². The average Bonchev–Trinajstić information content (AvgIpc) is 2.40. The van der Waals surface area contributed by atoms with Gasteiger partial charge >= 0.3 is 0 Å². The third-order valence-electron chi connectivity index (χ3n) is 3.71. The topological polar surface area (TPSA) is 26.7 Å². The zero-order chi connectivity index (χ0) is 13.8. The minimum atomic E-state index is -0.555. The standard InChI is InChI=1S/C15H23FN2O/c1-3-6-17-7-9-18(10-8-17)15-11-13(12(2)19)4-5-14(15)16/h4-5,11-12,19H,3,6-10H2,1-2H3. The van der Waals surface area contributed by atoms with Crippen molar-refractivity contribution >= 4 is 5.69 Å². The van der Waals surface area contributed by atoms with E-state index >= 15 is 0 Å². The number of benzene rings is 1. The van der Waals surface area contributed by atoms with Gasteiger partial charge in [-0.1, -0.05) is 13.0 Å². The molecule has 0 radical (unpaired) electrons. The van der Waals surface area contributed by atoms with Crippen molar-refractivity contribution in [1.82, 2.24) is 4.90 Å². The molecule has 0 amide bonds. The summed E-state index contributed by atoms with van der Waals surface area (Å²) in [5.41, 5.74) is 1.39. The van der Waals surface area contributed by atoms with Gasteiger partial charge in [-0.3, -0.25) is 4.90 Å². The van der Waals surface area contributed by atoms with Crippen LogP contribution in [0.4, 0.5) is 10.1 Å². The molecular weight excluding hydrogens is 243 g/mol. The summed E-state index contributed by atoms with van der Waals surface area (Å²) in [4.78, 5) is 4.49. The van der Waals surface area contributed by atoms with Crippen LogP contribution in [-0.4, -0.2) is 42.7 Å². The Balaban J connectivity index is 2.08. The lowest BCUT2D eigenvalue weighted by molar-refractivity contribution is 0.199. The van der Waals surface area contributed by atoms with Crippen LogP contribution in [0.3, 0.4) is 0 Å². The summed E-state index contributed by atoms with van der Waals surface area (Å²) in [6.07, 6.45) is 0.604. The fourth-order valence-corrected chi connectivity index (χ4v) is 2.56. The number of piperazine rings is 1. The Bertz CT molecular complexity index is 415. The molecule has 1 heterocycles. The van der Waals surface area contributed by atoms with Crippen LogP contribution in [0, 0.1) is 5.82 Å². The molecule has 1 unspecified atom stereocenters. The van der Waals surface area contributed by atoms with Crippen LogP contribution < -0.4 is 4.90 Å². The average molecular weight is 266 g/mol. The number of halogens is 1. The van der Waals surface area contributed by atoms with Gasteiger partial charge in [-0.25, -0.2) is 4.39 Å². The summed E-state index contributed by atoms with van der Waals surface area (Å²) >= 11 is 0. The smallest absolute Gasteiger partial charge is 0.146 e. The number of aliphatic hydroxyl groups excluding tert-OH is 1. The maximum absolute atomic E-state index is 13.9. The van der Waals surface area contributed by atoms with Crippen LogP contribution in [0.25, 0.3) is 0 Å². The monoisotopic (exact) mass is 266 g/mol. The van der Waals surface area contributed by atoms with Crippen molar-refractivity contribution < 1.29 is 9.50 Å². The predicted molar refractivity (Wildman–Crippen MR) is 76.0 cm³/mol. The van der Waals surface area contributed by atoms with E-state index in [1.54, 1.807) is 19.1 Å². The number of rotatable bonds is 4. The van der Waals surface area contributed by atoms with Gasteiger partial charge in [0, 0.05) is 26.2 Å². The second-order valence-electron chi connectivity index (χ2n) is 5.22. The first-order chi connectivity index (χ1) is 9.11. The first-order valence-electron chi connectivity index (χ1n) is 7.06. The Kier molecular flexibility index (Phi) is 4.77. The quantitative estimate of drug-likeness (QED) is 0.906. The van der Waals surface area contributed by atoms with Crippen LogP contribution in [0.15, 0.2) is 18.2 Å². The summed E-state index contributed by atoms with van der Waals surface area (Å²) in [6.45, 7) is 8.65.